The lowest BCUT2D eigenvalue weighted by Crippen LogP contribution is -2.58. The van der Waals surface area contributed by atoms with E-state index < -0.39 is 0 Å². The van der Waals surface area contributed by atoms with Crippen molar-refractivity contribution >= 4 is 29.1 Å². The number of hydrogen-bond acceptors (Lipinski definition) is 3. The van der Waals surface area contributed by atoms with Gasteiger partial charge in [0.05, 0.1) is 6.04 Å². The molecule has 7 heteroatoms. The molecule has 0 saturated carbocycles. The summed E-state index contributed by atoms with van der Waals surface area (Å²) in [6.45, 7) is 2.68. The minimum Gasteiger partial charge on any atom is -0.323 e. The normalized spacial score (nSPS) is 17.7. The first-order chi connectivity index (χ1) is 12.5. The van der Waals surface area contributed by atoms with Crippen molar-refractivity contribution in [3.05, 3.63) is 47.2 Å². The lowest BCUT2D eigenvalue weighted by atomic mass is 10.0. The standard InChI is InChI=1S/C19H23ClN4O2/c1-3-4-5-16-12-23(15-8-6-14(20)7-9-15)18(25)13-24(16)19(26)17-10-11-21-22(17)2/h6-11,16H,3-5,12-13H2,1-2H3/t16-/m0/s1. The second kappa shape index (κ2) is 7.91. The molecule has 26 heavy (non-hydrogen) atoms. The van der Waals surface area contributed by atoms with Crippen molar-refractivity contribution in [1.82, 2.24) is 14.7 Å². The maximum absolute atomic E-state index is 13.0. The number of aromatic nitrogens is 2. The Morgan fingerprint density at radius 2 is 2.00 bits per heavy atom. The number of halogens is 1. The molecule has 0 unspecified atom stereocenters. The van der Waals surface area contributed by atoms with Gasteiger partial charge >= 0.3 is 0 Å². The summed E-state index contributed by atoms with van der Waals surface area (Å²) < 4.78 is 1.55. The molecule has 1 atom stereocenters. The van der Waals surface area contributed by atoms with E-state index in [1.165, 1.54) is 0 Å². The van der Waals surface area contributed by atoms with E-state index in [4.69, 9.17) is 11.6 Å². The molecule has 1 saturated heterocycles. The van der Waals surface area contributed by atoms with Crippen molar-refractivity contribution in [1.29, 1.82) is 0 Å². The van der Waals surface area contributed by atoms with Crippen molar-refractivity contribution in [3.63, 3.8) is 0 Å². The fourth-order valence-corrected chi connectivity index (χ4v) is 3.42. The van der Waals surface area contributed by atoms with Crippen LogP contribution in [0.15, 0.2) is 36.5 Å². The lowest BCUT2D eigenvalue weighted by Gasteiger charge is -2.41. The molecule has 1 aliphatic rings. The van der Waals surface area contributed by atoms with Crippen LogP contribution in [0.3, 0.4) is 0 Å². The number of piperazine rings is 1. The Balaban J connectivity index is 1.85. The molecule has 2 amide bonds. The number of amides is 2. The summed E-state index contributed by atoms with van der Waals surface area (Å²) in [4.78, 5) is 29.2. The first-order valence-electron chi connectivity index (χ1n) is 8.86. The van der Waals surface area contributed by atoms with Crippen LogP contribution in [0.4, 0.5) is 5.69 Å². The summed E-state index contributed by atoms with van der Waals surface area (Å²) in [6, 6.07) is 8.91. The second-order valence-corrected chi connectivity index (χ2v) is 6.99. The summed E-state index contributed by atoms with van der Waals surface area (Å²) in [6.07, 6.45) is 4.50. The average molecular weight is 375 g/mol. The van der Waals surface area contributed by atoms with Crippen molar-refractivity contribution in [2.45, 2.75) is 32.2 Å². The summed E-state index contributed by atoms with van der Waals surface area (Å²) in [5.74, 6) is -0.231. The molecule has 2 aromatic rings. The Labute approximate surface area is 158 Å². The Bertz CT molecular complexity index is 787. The number of anilines is 1. The van der Waals surface area contributed by atoms with Crippen LogP contribution in [0.1, 0.15) is 36.7 Å². The predicted octanol–water partition coefficient (Wildman–Crippen LogP) is 3.12. The minimum atomic E-state index is -0.143. The van der Waals surface area contributed by atoms with Crippen LogP contribution in [0.2, 0.25) is 5.02 Å². The van der Waals surface area contributed by atoms with E-state index in [1.54, 1.807) is 45.9 Å². The SMILES string of the molecule is CCCC[C@H]1CN(c2ccc(Cl)cc2)C(=O)CN1C(=O)c1ccnn1C. The van der Waals surface area contributed by atoms with E-state index in [-0.39, 0.29) is 24.4 Å². The van der Waals surface area contributed by atoms with Gasteiger partial charge in [0.2, 0.25) is 5.91 Å². The fraction of sp³-hybridized carbons (Fsp3) is 0.421. The van der Waals surface area contributed by atoms with Gasteiger partial charge in [-0.2, -0.15) is 5.10 Å². The number of benzene rings is 1. The Morgan fingerprint density at radius 1 is 1.27 bits per heavy atom. The van der Waals surface area contributed by atoms with Gasteiger partial charge in [-0.3, -0.25) is 14.3 Å². The Hall–Kier alpha value is -2.34. The molecule has 0 radical (unpaired) electrons. The largest absolute Gasteiger partial charge is 0.323 e. The highest BCUT2D eigenvalue weighted by Crippen LogP contribution is 2.25. The summed E-state index contributed by atoms with van der Waals surface area (Å²) in [5.41, 5.74) is 1.31. The topological polar surface area (TPSA) is 58.4 Å². The highest BCUT2D eigenvalue weighted by Gasteiger charge is 2.36. The van der Waals surface area contributed by atoms with Crippen LogP contribution in [0, 0.1) is 0 Å². The number of hydrogen-bond donors (Lipinski definition) is 0. The maximum Gasteiger partial charge on any atom is 0.272 e. The molecular formula is C19H23ClN4O2. The van der Waals surface area contributed by atoms with Gasteiger partial charge in [-0.05, 0) is 36.8 Å². The van der Waals surface area contributed by atoms with Crippen molar-refractivity contribution in [3.8, 4) is 0 Å². The minimum absolute atomic E-state index is 0.0225. The lowest BCUT2D eigenvalue weighted by molar-refractivity contribution is -0.121. The van der Waals surface area contributed by atoms with Crippen molar-refractivity contribution < 1.29 is 9.59 Å². The molecule has 0 N–H and O–H groups in total. The zero-order valence-electron chi connectivity index (χ0n) is 15.1. The number of unbranched alkanes of at least 4 members (excludes halogenated alkanes) is 1. The quantitative estimate of drug-likeness (QED) is 0.807. The Morgan fingerprint density at radius 3 is 2.62 bits per heavy atom. The van der Waals surface area contributed by atoms with Crippen LogP contribution in [0.25, 0.3) is 0 Å². The van der Waals surface area contributed by atoms with Gasteiger partial charge in [-0.25, -0.2) is 0 Å². The smallest absolute Gasteiger partial charge is 0.272 e. The van der Waals surface area contributed by atoms with E-state index >= 15 is 0 Å². The first kappa shape index (κ1) is 18.5. The molecule has 1 aliphatic heterocycles. The fourth-order valence-electron chi connectivity index (χ4n) is 3.30. The van der Waals surface area contributed by atoms with Crippen LogP contribution in [-0.2, 0) is 11.8 Å². The van der Waals surface area contributed by atoms with E-state index in [1.807, 2.05) is 12.1 Å². The monoisotopic (exact) mass is 374 g/mol. The molecule has 3 rings (SSSR count). The van der Waals surface area contributed by atoms with E-state index in [0.717, 1.165) is 24.9 Å². The number of carbonyl (C=O) groups excluding carboxylic acids is 2. The molecule has 6 nitrogen and oxygen atoms in total. The highest BCUT2D eigenvalue weighted by atomic mass is 35.5. The van der Waals surface area contributed by atoms with Gasteiger partial charge in [0, 0.05) is 30.5 Å². The van der Waals surface area contributed by atoms with E-state index in [2.05, 4.69) is 12.0 Å². The van der Waals surface area contributed by atoms with E-state index in [9.17, 15) is 9.59 Å². The van der Waals surface area contributed by atoms with Crippen LogP contribution >= 0.6 is 11.6 Å². The number of rotatable bonds is 5. The van der Waals surface area contributed by atoms with Gasteiger partial charge in [-0.1, -0.05) is 31.4 Å². The average Bonchev–Trinajstić information content (AvgIpc) is 3.06. The second-order valence-electron chi connectivity index (χ2n) is 6.55. The number of carbonyl (C=O) groups is 2. The van der Waals surface area contributed by atoms with Gasteiger partial charge in [-0.15, -0.1) is 0 Å². The van der Waals surface area contributed by atoms with Gasteiger partial charge in [0.15, 0.2) is 0 Å². The molecular weight excluding hydrogens is 352 g/mol. The van der Waals surface area contributed by atoms with Crippen molar-refractivity contribution in [2.75, 3.05) is 18.0 Å². The highest BCUT2D eigenvalue weighted by molar-refractivity contribution is 6.30. The maximum atomic E-state index is 13.0. The third-order valence-corrected chi connectivity index (χ3v) is 5.02. The molecule has 1 aromatic carbocycles. The third kappa shape index (κ3) is 3.75. The first-order valence-corrected chi connectivity index (χ1v) is 9.24. The molecule has 0 aliphatic carbocycles. The van der Waals surface area contributed by atoms with E-state index in [0.29, 0.717) is 17.3 Å². The summed E-state index contributed by atoms with van der Waals surface area (Å²) in [7, 11) is 1.74. The molecule has 138 valence electrons. The molecule has 2 heterocycles. The Kier molecular flexibility index (Phi) is 5.61. The summed E-state index contributed by atoms with van der Waals surface area (Å²) >= 11 is 5.96. The van der Waals surface area contributed by atoms with Gasteiger partial charge < -0.3 is 9.80 Å². The summed E-state index contributed by atoms with van der Waals surface area (Å²) in [5, 5.41) is 4.70. The number of aryl methyl sites for hydroxylation is 1. The predicted molar refractivity (Wildman–Crippen MR) is 101 cm³/mol. The zero-order chi connectivity index (χ0) is 18.7. The molecule has 0 spiro atoms. The van der Waals surface area contributed by atoms with Crippen LogP contribution in [-0.4, -0.2) is 45.6 Å². The number of nitrogens with zero attached hydrogens (tertiary/aromatic N) is 4. The van der Waals surface area contributed by atoms with Crippen LogP contribution < -0.4 is 4.90 Å². The molecule has 1 aromatic heterocycles. The van der Waals surface area contributed by atoms with Crippen molar-refractivity contribution in [2.24, 2.45) is 7.05 Å². The molecule has 1 fully saturated rings. The zero-order valence-corrected chi connectivity index (χ0v) is 15.8. The van der Waals surface area contributed by atoms with Gasteiger partial charge in [0.1, 0.15) is 12.2 Å². The van der Waals surface area contributed by atoms with Gasteiger partial charge in [0.25, 0.3) is 5.91 Å². The third-order valence-electron chi connectivity index (χ3n) is 4.77. The molecule has 0 bridgehead atoms. The van der Waals surface area contributed by atoms with Crippen LogP contribution in [0.5, 0.6) is 0 Å².